The second-order valence-corrected chi connectivity index (χ2v) is 4.08. The minimum atomic E-state index is -0.658. The Morgan fingerprint density at radius 1 is 1.40 bits per heavy atom. The lowest BCUT2D eigenvalue weighted by Gasteiger charge is -2.07. The first-order valence-electron chi connectivity index (χ1n) is 4.20. The van der Waals surface area contributed by atoms with Gasteiger partial charge in [0.15, 0.2) is 0 Å². The summed E-state index contributed by atoms with van der Waals surface area (Å²) in [5.41, 5.74) is 0.403. The van der Waals surface area contributed by atoms with Crippen LogP contribution in [0, 0.1) is 11.6 Å². The summed E-state index contributed by atoms with van der Waals surface area (Å²) in [5.74, 6) is -1.79. The maximum absolute atomic E-state index is 12.8. The lowest BCUT2D eigenvalue weighted by molar-refractivity contribution is -0.139. The normalized spacial score (nSPS) is 12.3. The Hall–Kier alpha value is -0.970. The SMILES string of the molecule is COC(=O)C(Br)Cc1cc(F)cc(F)c1. The van der Waals surface area contributed by atoms with Crippen LogP contribution < -0.4 is 0 Å². The summed E-state index contributed by atoms with van der Waals surface area (Å²) >= 11 is 3.07. The van der Waals surface area contributed by atoms with Crippen molar-refractivity contribution in [3.8, 4) is 0 Å². The van der Waals surface area contributed by atoms with E-state index in [2.05, 4.69) is 20.7 Å². The van der Waals surface area contributed by atoms with E-state index in [0.29, 0.717) is 5.56 Å². The number of carbonyl (C=O) groups excluding carboxylic acids is 1. The van der Waals surface area contributed by atoms with Crippen LogP contribution in [0.4, 0.5) is 8.78 Å². The molecule has 5 heteroatoms. The first kappa shape index (κ1) is 12.1. The van der Waals surface area contributed by atoms with Crippen molar-refractivity contribution in [2.45, 2.75) is 11.2 Å². The summed E-state index contributed by atoms with van der Waals surface area (Å²) in [6.45, 7) is 0. The lowest BCUT2D eigenvalue weighted by atomic mass is 10.1. The van der Waals surface area contributed by atoms with Crippen molar-refractivity contribution in [2.24, 2.45) is 0 Å². The molecule has 0 amide bonds. The molecular formula is C10H9BrF2O2. The maximum Gasteiger partial charge on any atom is 0.319 e. The largest absolute Gasteiger partial charge is 0.468 e. The van der Waals surface area contributed by atoms with Gasteiger partial charge in [-0.15, -0.1) is 0 Å². The number of rotatable bonds is 3. The van der Waals surface area contributed by atoms with Gasteiger partial charge in [0.1, 0.15) is 16.5 Å². The summed E-state index contributed by atoms with van der Waals surface area (Å²) in [4.78, 5) is 10.4. The van der Waals surface area contributed by atoms with Crippen molar-refractivity contribution in [1.82, 2.24) is 0 Å². The highest BCUT2D eigenvalue weighted by atomic mass is 79.9. The third-order valence-electron chi connectivity index (χ3n) is 1.79. The Morgan fingerprint density at radius 3 is 2.40 bits per heavy atom. The molecule has 1 atom stereocenters. The number of halogens is 3. The number of hydrogen-bond acceptors (Lipinski definition) is 2. The average molecular weight is 279 g/mol. The number of methoxy groups -OCH3 is 1. The van der Waals surface area contributed by atoms with E-state index in [1.807, 2.05) is 0 Å². The van der Waals surface area contributed by atoms with E-state index in [-0.39, 0.29) is 6.42 Å². The Morgan fingerprint density at radius 2 is 1.93 bits per heavy atom. The number of alkyl halides is 1. The third-order valence-corrected chi connectivity index (χ3v) is 2.49. The summed E-state index contributed by atoms with van der Waals surface area (Å²) in [6.07, 6.45) is 0.182. The first-order chi connectivity index (χ1) is 7.02. The molecule has 0 aromatic heterocycles. The zero-order valence-corrected chi connectivity index (χ0v) is 9.55. The van der Waals surface area contributed by atoms with Crippen LogP contribution >= 0.6 is 15.9 Å². The molecular weight excluding hydrogens is 270 g/mol. The van der Waals surface area contributed by atoms with Gasteiger partial charge in [0, 0.05) is 6.07 Å². The molecule has 1 aromatic rings. The van der Waals surface area contributed by atoms with E-state index >= 15 is 0 Å². The Labute approximate surface area is 94.4 Å². The molecule has 0 radical (unpaired) electrons. The first-order valence-corrected chi connectivity index (χ1v) is 5.11. The number of carbonyl (C=O) groups is 1. The van der Waals surface area contributed by atoms with Gasteiger partial charge < -0.3 is 4.74 Å². The zero-order chi connectivity index (χ0) is 11.4. The zero-order valence-electron chi connectivity index (χ0n) is 7.97. The van der Waals surface area contributed by atoms with Crippen LogP contribution in [0.2, 0.25) is 0 Å². The quantitative estimate of drug-likeness (QED) is 0.627. The van der Waals surface area contributed by atoms with Gasteiger partial charge in [-0.25, -0.2) is 8.78 Å². The molecule has 0 saturated heterocycles. The summed E-state index contributed by atoms with van der Waals surface area (Å²) in [5, 5.41) is 0. The fraction of sp³-hybridized carbons (Fsp3) is 0.300. The molecule has 2 nitrogen and oxygen atoms in total. The van der Waals surface area contributed by atoms with E-state index in [0.717, 1.165) is 6.07 Å². The molecule has 0 aliphatic carbocycles. The van der Waals surface area contributed by atoms with Crippen LogP contribution in [0.3, 0.4) is 0 Å². The highest BCUT2D eigenvalue weighted by molar-refractivity contribution is 9.10. The Balaban J connectivity index is 2.76. The molecule has 0 fully saturated rings. The number of ether oxygens (including phenoxy) is 1. The average Bonchev–Trinajstić information content (AvgIpc) is 2.14. The van der Waals surface area contributed by atoms with Crippen LogP contribution in [-0.2, 0) is 16.0 Å². The molecule has 0 heterocycles. The highest BCUT2D eigenvalue weighted by Gasteiger charge is 2.16. The fourth-order valence-electron chi connectivity index (χ4n) is 1.15. The molecule has 82 valence electrons. The number of esters is 1. The number of benzene rings is 1. The van der Waals surface area contributed by atoms with Crippen LogP contribution in [-0.4, -0.2) is 17.9 Å². The summed E-state index contributed by atoms with van der Waals surface area (Å²) < 4.78 is 30.1. The van der Waals surface area contributed by atoms with Gasteiger partial charge in [0.2, 0.25) is 0 Å². The van der Waals surface area contributed by atoms with E-state index in [1.54, 1.807) is 0 Å². The summed E-state index contributed by atoms with van der Waals surface area (Å²) in [6, 6.07) is 3.14. The standard InChI is InChI=1S/C10H9BrF2O2/c1-15-10(14)9(11)4-6-2-7(12)5-8(13)3-6/h2-3,5,9H,4H2,1H3. The fourth-order valence-corrected chi connectivity index (χ4v) is 1.71. The maximum atomic E-state index is 12.8. The second kappa shape index (κ2) is 5.21. The molecule has 0 N–H and O–H groups in total. The summed E-state index contributed by atoms with van der Waals surface area (Å²) in [7, 11) is 1.25. The number of hydrogen-bond donors (Lipinski definition) is 0. The van der Waals surface area contributed by atoms with Gasteiger partial charge >= 0.3 is 5.97 Å². The van der Waals surface area contributed by atoms with Crippen molar-refractivity contribution < 1.29 is 18.3 Å². The van der Waals surface area contributed by atoms with Gasteiger partial charge in [-0.2, -0.15) is 0 Å². The van der Waals surface area contributed by atoms with Crippen LogP contribution in [0.1, 0.15) is 5.56 Å². The van der Waals surface area contributed by atoms with Crippen LogP contribution in [0.15, 0.2) is 18.2 Å². The van der Waals surface area contributed by atoms with Gasteiger partial charge in [-0.3, -0.25) is 4.79 Å². The van der Waals surface area contributed by atoms with Gasteiger partial charge in [-0.05, 0) is 24.1 Å². The monoisotopic (exact) mass is 278 g/mol. The van der Waals surface area contributed by atoms with E-state index in [9.17, 15) is 13.6 Å². The molecule has 1 aromatic carbocycles. The van der Waals surface area contributed by atoms with Crippen molar-refractivity contribution in [3.05, 3.63) is 35.4 Å². The lowest BCUT2D eigenvalue weighted by Crippen LogP contribution is -2.18. The van der Waals surface area contributed by atoms with Gasteiger partial charge in [0.05, 0.1) is 7.11 Å². The third kappa shape index (κ3) is 3.58. The molecule has 15 heavy (non-hydrogen) atoms. The molecule has 1 rings (SSSR count). The van der Waals surface area contributed by atoms with Crippen molar-refractivity contribution in [2.75, 3.05) is 7.11 Å². The Kier molecular flexibility index (Phi) is 4.20. The van der Waals surface area contributed by atoms with E-state index in [1.165, 1.54) is 19.2 Å². The minimum Gasteiger partial charge on any atom is -0.468 e. The van der Waals surface area contributed by atoms with Crippen LogP contribution in [0.25, 0.3) is 0 Å². The van der Waals surface area contributed by atoms with E-state index in [4.69, 9.17) is 0 Å². The smallest absolute Gasteiger partial charge is 0.319 e. The predicted octanol–water partition coefficient (Wildman–Crippen LogP) is 2.44. The molecule has 0 saturated carbocycles. The molecule has 0 spiro atoms. The van der Waals surface area contributed by atoms with E-state index < -0.39 is 22.4 Å². The molecule has 0 aliphatic rings. The Bertz CT molecular complexity index is 348. The minimum absolute atomic E-state index is 0.182. The second-order valence-electron chi connectivity index (χ2n) is 2.97. The highest BCUT2D eigenvalue weighted by Crippen LogP contribution is 2.14. The van der Waals surface area contributed by atoms with Crippen LogP contribution in [0.5, 0.6) is 0 Å². The van der Waals surface area contributed by atoms with Gasteiger partial charge in [0.25, 0.3) is 0 Å². The predicted molar refractivity (Wildman–Crippen MR) is 54.8 cm³/mol. The molecule has 0 aliphatic heterocycles. The van der Waals surface area contributed by atoms with Crippen molar-refractivity contribution >= 4 is 21.9 Å². The van der Waals surface area contributed by atoms with Crippen molar-refractivity contribution in [3.63, 3.8) is 0 Å². The molecule has 1 unspecified atom stereocenters. The topological polar surface area (TPSA) is 26.3 Å². The molecule has 0 bridgehead atoms. The van der Waals surface area contributed by atoms with Crippen molar-refractivity contribution in [1.29, 1.82) is 0 Å². The van der Waals surface area contributed by atoms with Gasteiger partial charge in [-0.1, -0.05) is 15.9 Å².